The predicted octanol–water partition coefficient (Wildman–Crippen LogP) is 0.537. The quantitative estimate of drug-likeness (QED) is 0.445. The molecule has 0 spiro atoms. The molecule has 5 N–H and O–H groups in total. The van der Waals surface area contributed by atoms with E-state index in [2.05, 4.69) is 16.1 Å². The van der Waals surface area contributed by atoms with Gasteiger partial charge in [-0.15, -0.1) is 0 Å². The number of anilines is 1. The summed E-state index contributed by atoms with van der Waals surface area (Å²) in [6.45, 7) is 4.60. The van der Waals surface area contributed by atoms with Crippen LogP contribution in [0.1, 0.15) is 29.3 Å². The van der Waals surface area contributed by atoms with Crippen molar-refractivity contribution in [2.24, 2.45) is 5.84 Å². The summed E-state index contributed by atoms with van der Waals surface area (Å²) in [5, 5.41) is 5.39. The lowest BCUT2D eigenvalue weighted by atomic mass is 10.1. The average molecular weight is 264 g/mol. The molecule has 0 aliphatic rings. The Morgan fingerprint density at radius 1 is 1.26 bits per heavy atom. The molecule has 19 heavy (non-hydrogen) atoms. The van der Waals surface area contributed by atoms with Gasteiger partial charge >= 0.3 is 0 Å². The monoisotopic (exact) mass is 264 g/mol. The third-order valence-corrected chi connectivity index (χ3v) is 2.65. The highest BCUT2D eigenvalue weighted by atomic mass is 16.2. The summed E-state index contributed by atoms with van der Waals surface area (Å²) in [6.07, 6.45) is 0.279. The first-order valence-electron chi connectivity index (χ1n) is 6.20. The van der Waals surface area contributed by atoms with Crippen LogP contribution in [0.15, 0.2) is 18.2 Å². The molecule has 1 rings (SSSR count). The van der Waals surface area contributed by atoms with Gasteiger partial charge < -0.3 is 16.1 Å². The van der Waals surface area contributed by atoms with Gasteiger partial charge in [0.1, 0.15) is 0 Å². The van der Waals surface area contributed by atoms with E-state index in [1.54, 1.807) is 18.2 Å². The van der Waals surface area contributed by atoms with Crippen molar-refractivity contribution in [3.05, 3.63) is 29.3 Å². The molecule has 6 nitrogen and oxygen atoms in total. The van der Waals surface area contributed by atoms with Gasteiger partial charge in [-0.3, -0.25) is 15.4 Å². The van der Waals surface area contributed by atoms with E-state index in [0.29, 0.717) is 18.7 Å². The number of hydrogen-bond acceptors (Lipinski definition) is 4. The number of hydrazine groups is 1. The molecule has 6 heteroatoms. The van der Waals surface area contributed by atoms with E-state index in [0.717, 1.165) is 11.3 Å². The fourth-order valence-corrected chi connectivity index (χ4v) is 1.68. The van der Waals surface area contributed by atoms with Crippen molar-refractivity contribution >= 4 is 17.5 Å². The van der Waals surface area contributed by atoms with Gasteiger partial charge in [0.25, 0.3) is 5.91 Å². The van der Waals surface area contributed by atoms with Gasteiger partial charge in [0.15, 0.2) is 0 Å². The second kappa shape index (κ2) is 7.38. The van der Waals surface area contributed by atoms with E-state index in [9.17, 15) is 9.59 Å². The Hall–Kier alpha value is -2.08. The molecule has 0 fully saturated rings. The first-order valence-corrected chi connectivity index (χ1v) is 6.20. The Morgan fingerprint density at radius 2 is 2.00 bits per heavy atom. The third kappa shape index (κ3) is 4.59. The number of carbonyl (C=O) groups excluding carboxylic acids is 2. The van der Waals surface area contributed by atoms with Crippen molar-refractivity contribution in [2.45, 2.75) is 20.3 Å². The molecule has 104 valence electrons. The van der Waals surface area contributed by atoms with Gasteiger partial charge in [0, 0.05) is 30.8 Å². The number of rotatable bonds is 6. The van der Waals surface area contributed by atoms with Crippen LogP contribution in [0.3, 0.4) is 0 Å². The SMILES string of the molecule is CCNC(=O)CCNC(=O)c1ccc(NN)cc1C. The number of nitrogens with one attached hydrogen (secondary N) is 3. The zero-order valence-electron chi connectivity index (χ0n) is 11.2. The zero-order valence-corrected chi connectivity index (χ0v) is 11.2. The molecule has 1 aromatic rings. The third-order valence-electron chi connectivity index (χ3n) is 2.65. The summed E-state index contributed by atoms with van der Waals surface area (Å²) < 4.78 is 0. The van der Waals surface area contributed by atoms with Crippen LogP contribution in [0, 0.1) is 6.92 Å². The molecule has 2 amide bonds. The van der Waals surface area contributed by atoms with Gasteiger partial charge in [0.05, 0.1) is 0 Å². The Bertz CT molecular complexity index is 460. The van der Waals surface area contributed by atoms with Crippen molar-refractivity contribution < 1.29 is 9.59 Å². The molecule has 0 saturated carbocycles. The Labute approximate surface area is 112 Å². The fourth-order valence-electron chi connectivity index (χ4n) is 1.68. The number of hydrogen-bond donors (Lipinski definition) is 4. The molecule has 0 unspecified atom stereocenters. The van der Waals surface area contributed by atoms with Crippen LogP contribution >= 0.6 is 0 Å². The summed E-state index contributed by atoms with van der Waals surface area (Å²) in [4.78, 5) is 23.1. The topological polar surface area (TPSA) is 96.2 Å². The van der Waals surface area contributed by atoms with Crippen LogP contribution < -0.4 is 21.9 Å². The molecule has 0 saturated heterocycles. The van der Waals surface area contributed by atoms with Crippen molar-refractivity contribution in [1.29, 1.82) is 0 Å². The highest BCUT2D eigenvalue weighted by molar-refractivity contribution is 5.96. The first-order chi connectivity index (χ1) is 9.08. The molecule has 1 aromatic carbocycles. The van der Waals surface area contributed by atoms with Gasteiger partial charge in [-0.25, -0.2) is 0 Å². The Kier molecular flexibility index (Phi) is 5.81. The van der Waals surface area contributed by atoms with Crippen LogP contribution in [0.4, 0.5) is 5.69 Å². The molecule has 0 aromatic heterocycles. The van der Waals surface area contributed by atoms with Crippen LogP contribution in [0.25, 0.3) is 0 Å². The Morgan fingerprint density at radius 3 is 2.58 bits per heavy atom. The highest BCUT2D eigenvalue weighted by Gasteiger charge is 2.09. The number of carbonyl (C=O) groups is 2. The first kappa shape index (κ1) is 15.0. The standard InChI is InChI=1S/C13H20N4O2/c1-3-15-12(18)6-7-16-13(19)11-5-4-10(17-14)8-9(11)2/h4-5,8,17H,3,6-7,14H2,1-2H3,(H,15,18)(H,16,19). The maximum Gasteiger partial charge on any atom is 0.251 e. The summed E-state index contributed by atoms with van der Waals surface area (Å²) in [6, 6.07) is 5.22. The van der Waals surface area contributed by atoms with E-state index >= 15 is 0 Å². The van der Waals surface area contributed by atoms with E-state index in [4.69, 9.17) is 5.84 Å². The molecule has 0 aliphatic heterocycles. The van der Waals surface area contributed by atoms with E-state index in [-0.39, 0.29) is 18.2 Å². The summed E-state index contributed by atoms with van der Waals surface area (Å²) >= 11 is 0. The number of aryl methyl sites for hydroxylation is 1. The van der Waals surface area contributed by atoms with Crippen LogP contribution in [-0.4, -0.2) is 24.9 Å². The zero-order chi connectivity index (χ0) is 14.3. The number of nitrogen functional groups attached to an aromatic ring is 1. The minimum Gasteiger partial charge on any atom is -0.356 e. The smallest absolute Gasteiger partial charge is 0.251 e. The summed E-state index contributed by atoms with van der Waals surface area (Å²) in [7, 11) is 0. The van der Waals surface area contributed by atoms with Crippen molar-refractivity contribution in [2.75, 3.05) is 18.5 Å². The van der Waals surface area contributed by atoms with Gasteiger partial charge in [-0.1, -0.05) is 0 Å². The lowest BCUT2D eigenvalue weighted by molar-refractivity contribution is -0.120. The second-order valence-electron chi connectivity index (χ2n) is 4.13. The largest absolute Gasteiger partial charge is 0.356 e. The maximum absolute atomic E-state index is 11.9. The molecule has 0 atom stereocenters. The summed E-state index contributed by atoms with van der Waals surface area (Å²) in [5.74, 6) is 5.03. The molecular weight excluding hydrogens is 244 g/mol. The minimum atomic E-state index is -0.189. The lowest BCUT2D eigenvalue weighted by Crippen LogP contribution is -2.30. The van der Waals surface area contributed by atoms with E-state index in [1.165, 1.54) is 0 Å². The van der Waals surface area contributed by atoms with Crippen LogP contribution in [0.2, 0.25) is 0 Å². The molecular formula is C13H20N4O2. The highest BCUT2D eigenvalue weighted by Crippen LogP contribution is 2.14. The van der Waals surface area contributed by atoms with Crippen molar-refractivity contribution in [3.8, 4) is 0 Å². The van der Waals surface area contributed by atoms with Gasteiger partial charge in [0.2, 0.25) is 5.91 Å². The lowest BCUT2D eigenvalue weighted by Gasteiger charge is -2.09. The van der Waals surface area contributed by atoms with Crippen LogP contribution in [-0.2, 0) is 4.79 Å². The van der Waals surface area contributed by atoms with E-state index < -0.39 is 0 Å². The molecule has 0 bridgehead atoms. The molecule has 0 radical (unpaired) electrons. The minimum absolute atomic E-state index is 0.0674. The van der Waals surface area contributed by atoms with Crippen molar-refractivity contribution in [3.63, 3.8) is 0 Å². The van der Waals surface area contributed by atoms with Gasteiger partial charge in [-0.2, -0.15) is 0 Å². The van der Waals surface area contributed by atoms with E-state index in [1.807, 2.05) is 13.8 Å². The Balaban J connectivity index is 2.52. The summed E-state index contributed by atoms with van der Waals surface area (Å²) in [5.41, 5.74) is 4.67. The number of benzene rings is 1. The predicted molar refractivity (Wildman–Crippen MR) is 74.6 cm³/mol. The van der Waals surface area contributed by atoms with Crippen LogP contribution in [0.5, 0.6) is 0 Å². The normalized spacial score (nSPS) is 9.84. The van der Waals surface area contributed by atoms with Crippen molar-refractivity contribution in [1.82, 2.24) is 10.6 Å². The van der Waals surface area contributed by atoms with Gasteiger partial charge in [-0.05, 0) is 37.6 Å². The average Bonchev–Trinajstić information content (AvgIpc) is 2.38. The second-order valence-corrected chi connectivity index (χ2v) is 4.13. The number of nitrogens with two attached hydrogens (primary N) is 1. The molecule has 0 heterocycles. The molecule has 0 aliphatic carbocycles. The maximum atomic E-state index is 11.9. The number of amides is 2. The fraction of sp³-hybridized carbons (Fsp3) is 0.385.